The van der Waals surface area contributed by atoms with Crippen LogP contribution < -0.4 is 10.9 Å². The number of aromatic nitrogens is 3. The lowest BCUT2D eigenvalue weighted by Crippen LogP contribution is -2.23. The van der Waals surface area contributed by atoms with E-state index in [1.807, 2.05) is 18.2 Å². The van der Waals surface area contributed by atoms with Crippen LogP contribution in [0.15, 0.2) is 83.0 Å². The minimum Gasteiger partial charge on any atom is -0.352 e. The van der Waals surface area contributed by atoms with Crippen LogP contribution >= 0.6 is 11.8 Å². The number of nitrogens with one attached hydrogen (secondary N) is 1. The zero-order chi connectivity index (χ0) is 22.3. The molecule has 8 heteroatoms. The third-order valence-electron chi connectivity index (χ3n) is 4.83. The Labute approximate surface area is 188 Å². The highest BCUT2D eigenvalue weighted by Gasteiger charge is 2.14. The molecule has 1 N–H and O–H groups in total. The first kappa shape index (κ1) is 21.7. The van der Waals surface area contributed by atoms with Crippen LogP contribution in [0.3, 0.4) is 0 Å². The molecule has 0 atom stereocenters. The lowest BCUT2D eigenvalue weighted by Gasteiger charge is -2.13. The molecule has 0 saturated carbocycles. The molecule has 0 bridgehead atoms. The van der Waals surface area contributed by atoms with Crippen molar-refractivity contribution in [3.8, 4) is 5.69 Å². The molecule has 6 nitrogen and oxygen atoms in total. The van der Waals surface area contributed by atoms with E-state index >= 15 is 0 Å². The van der Waals surface area contributed by atoms with Crippen molar-refractivity contribution in [1.82, 2.24) is 19.9 Å². The van der Waals surface area contributed by atoms with Crippen LogP contribution in [0.4, 0.5) is 4.39 Å². The van der Waals surface area contributed by atoms with E-state index in [1.165, 1.54) is 28.5 Å². The first-order valence-corrected chi connectivity index (χ1v) is 11.2. The Hall–Kier alpha value is -3.52. The van der Waals surface area contributed by atoms with Gasteiger partial charge in [-0.05, 0) is 54.4 Å². The van der Waals surface area contributed by atoms with E-state index in [-0.39, 0.29) is 11.5 Å². The van der Waals surface area contributed by atoms with Crippen molar-refractivity contribution in [1.29, 1.82) is 0 Å². The van der Waals surface area contributed by atoms with Gasteiger partial charge in [-0.1, -0.05) is 30.0 Å². The van der Waals surface area contributed by atoms with Crippen LogP contribution in [0.1, 0.15) is 18.4 Å². The molecule has 4 rings (SSSR count). The highest BCUT2D eigenvalue weighted by atomic mass is 32.2. The number of pyridine rings is 1. The largest absolute Gasteiger partial charge is 0.352 e. The number of halogens is 1. The summed E-state index contributed by atoms with van der Waals surface area (Å²) in [6, 6.07) is 16.7. The summed E-state index contributed by atoms with van der Waals surface area (Å²) >= 11 is 1.37. The number of fused-ring (bicyclic) bond motifs is 1. The highest BCUT2D eigenvalue weighted by Crippen LogP contribution is 2.22. The first-order valence-electron chi connectivity index (χ1n) is 10.2. The number of para-hydroxylation sites is 1. The molecule has 0 aliphatic heterocycles. The number of hydrogen-bond acceptors (Lipinski definition) is 5. The first-order chi connectivity index (χ1) is 15.6. The molecule has 0 saturated heterocycles. The van der Waals surface area contributed by atoms with Crippen LogP contribution in [-0.4, -0.2) is 26.2 Å². The van der Waals surface area contributed by atoms with Crippen LogP contribution in [0.5, 0.6) is 0 Å². The summed E-state index contributed by atoms with van der Waals surface area (Å²) in [6.45, 7) is 0.458. The monoisotopic (exact) mass is 448 g/mol. The second kappa shape index (κ2) is 10.2. The number of benzene rings is 2. The van der Waals surface area contributed by atoms with E-state index in [0.717, 1.165) is 5.56 Å². The van der Waals surface area contributed by atoms with Gasteiger partial charge in [0.15, 0.2) is 5.16 Å². The Morgan fingerprint density at radius 1 is 1.06 bits per heavy atom. The van der Waals surface area contributed by atoms with Gasteiger partial charge in [0.1, 0.15) is 5.82 Å². The summed E-state index contributed by atoms with van der Waals surface area (Å²) in [7, 11) is 0. The van der Waals surface area contributed by atoms with E-state index < -0.39 is 5.82 Å². The molecule has 2 heterocycles. The smallest absolute Gasteiger partial charge is 0.266 e. The fraction of sp³-hybridized carbons (Fsp3) is 0.167. The van der Waals surface area contributed by atoms with Gasteiger partial charge in [0.2, 0.25) is 5.91 Å². The molecule has 0 unspecified atom stereocenters. The molecule has 0 fully saturated rings. The van der Waals surface area contributed by atoms with Gasteiger partial charge in [0.25, 0.3) is 5.56 Å². The Balaban J connectivity index is 1.46. The quantitative estimate of drug-likeness (QED) is 0.249. The molecule has 0 spiro atoms. The normalized spacial score (nSPS) is 10.9. The highest BCUT2D eigenvalue weighted by molar-refractivity contribution is 7.99. The fourth-order valence-corrected chi connectivity index (χ4v) is 4.19. The number of hydrogen-bond donors (Lipinski definition) is 1. The maximum Gasteiger partial charge on any atom is 0.266 e. The van der Waals surface area contributed by atoms with Gasteiger partial charge in [-0.25, -0.2) is 9.37 Å². The van der Waals surface area contributed by atoms with Crippen molar-refractivity contribution < 1.29 is 9.18 Å². The molecule has 4 aromatic rings. The standard InChI is InChI=1S/C24H21FN4O2S/c25-18-5-3-6-19(15-18)29-23(31)20-7-1-2-8-21(20)28-24(29)32-14-4-9-22(30)27-16-17-10-12-26-13-11-17/h1-3,5-8,10-13,15H,4,9,14,16H2,(H,27,30). The molecule has 2 aromatic carbocycles. The van der Waals surface area contributed by atoms with Crippen LogP contribution in [0.2, 0.25) is 0 Å². The van der Waals surface area contributed by atoms with E-state index in [4.69, 9.17) is 0 Å². The summed E-state index contributed by atoms with van der Waals surface area (Å²) in [5.74, 6) is 0.115. The fourth-order valence-electron chi connectivity index (χ4n) is 3.24. The average molecular weight is 449 g/mol. The zero-order valence-corrected chi connectivity index (χ0v) is 18.0. The summed E-state index contributed by atoms with van der Waals surface area (Å²) in [4.78, 5) is 33.9. The number of rotatable bonds is 8. The van der Waals surface area contributed by atoms with Crippen molar-refractivity contribution in [3.63, 3.8) is 0 Å². The van der Waals surface area contributed by atoms with Crippen molar-refractivity contribution in [2.45, 2.75) is 24.5 Å². The summed E-state index contributed by atoms with van der Waals surface area (Å²) in [5, 5.41) is 3.82. The summed E-state index contributed by atoms with van der Waals surface area (Å²) < 4.78 is 15.3. The van der Waals surface area contributed by atoms with E-state index in [1.54, 1.807) is 42.7 Å². The second-order valence-electron chi connectivity index (χ2n) is 7.12. The van der Waals surface area contributed by atoms with Crippen molar-refractivity contribution in [3.05, 3.63) is 94.8 Å². The van der Waals surface area contributed by atoms with Gasteiger partial charge in [-0.2, -0.15) is 0 Å². The molecule has 162 valence electrons. The molecular formula is C24H21FN4O2S. The number of thioether (sulfide) groups is 1. The summed E-state index contributed by atoms with van der Waals surface area (Å²) in [5.41, 5.74) is 1.74. The number of carbonyl (C=O) groups is 1. The third kappa shape index (κ3) is 5.20. The van der Waals surface area contributed by atoms with E-state index in [2.05, 4.69) is 15.3 Å². The van der Waals surface area contributed by atoms with Crippen LogP contribution in [0.25, 0.3) is 16.6 Å². The molecule has 32 heavy (non-hydrogen) atoms. The lowest BCUT2D eigenvalue weighted by atomic mass is 10.2. The van der Waals surface area contributed by atoms with E-state index in [9.17, 15) is 14.0 Å². The van der Waals surface area contributed by atoms with Crippen molar-refractivity contribution in [2.75, 3.05) is 5.75 Å². The van der Waals surface area contributed by atoms with Gasteiger partial charge in [-0.15, -0.1) is 0 Å². The molecule has 0 radical (unpaired) electrons. The maximum atomic E-state index is 13.8. The molecular weight excluding hydrogens is 427 g/mol. The van der Waals surface area contributed by atoms with Gasteiger partial charge in [0, 0.05) is 31.1 Å². The zero-order valence-electron chi connectivity index (χ0n) is 17.2. The second-order valence-corrected chi connectivity index (χ2v) is 8.18. The predicted molar refractivity (Wildman–Crippen MR) is 123 cm³/mol. The Morgan fingerprint density at radius 3 is 2.69 bits per heavy atom. The molecule has 0 aliphatic rings. The SMILES string of the molecule is O=C(CCCSc1nc2ccccc2c(=O)n1-c1cccc(F)c1)NCc1ccncc1. The van der Waals surface area contributed by atoms with Gasteiger partial charge < -0.3 is 5.32 Å². The Bertz CT molecular complexity index is 1290. The number of nitrogens with zero attached hydrogens (tertiary/aromatic N) is 3. The topological polar surface area (TPSA) is 76.9 Å². The lowest BCUT2D eigenvalue weighted by molar-refractivity contribution is -0.121. The molecule has 0 aliphatic carbocycles. The number of amides is 1. The predicted octanol–water partition coefficient (Wildman–Crippen LogP) is 4.11. The maximum absolute atomic E-state index is 13.8. The Morgan fingerprint density at radius 2 is 1.88 bits per heavy atom. The Kier molecular flexibility index (Phi) is 6.91. The van der Waals surface area contributed by atoms with Crippen molar-refractivity contribution in [2.24, 2.45) is 0 Å². The molecule has 2 aromatic heterocycles. The van der Waals surface area contributed by atoms with Crippen LogP contribution in [-0.2, 0) is 11.3 Å². The summed E-state index contributed by atoms with van der Waals surface area (Å²) in [6.07, 6.45) is 4.34. The average Bonchev–Trinajstić information content (AvgIpc) is 2.81. The number of carbonyl (C=O) groups excluding carboxylic acids is 1. The van der Waals surface area contributed by atoms with Crippen molar-refractivity contribution >= 4 is 28.6 Å². The van der Waals surface area contributed by atoms with Gasteiger partial charge >= 0.3 is 0 Å². The minimum absolute atomic E-state index is 0.0450. The van der Waals surface area contributed by atoms with Crippen LogP contribution in [0, 0.1) is 5.82 Å². The minimum atomic E-state index is -0.427. The van der Waals surface area contributed by atoms with Gasteiger partial charge in [-0.3, -0.25) is 19.1 Å². The molecule has 1 amide bonds. The van der Waals surface area contributed by atoms with E-state index in [0.29, 0.717) is 46.9 Å². The third-order valence-corrected chi connectivity index (χ3v) is 5.85. The van der Waals surface area contributed by atoms with Gasteiger partial charge in [0.05, 0.1) is 16.6 Å².